The van der Waals surface area contributed by atoms with Crippen LogP contribution in [0.2, 0.25) is 0 Å². The Morgan fingerprint density at radius 3 is 2.92 bits per heavy atom. The Morgan fingerprint density at radius 2 is 2.25 bits per heavy atom. The number of piperidine rings is 1. The maximum atomic E-state index is 13.3. The van der Waals surface area contributed by atoms with Crippen molar-refractivity contribution < 1.29 is 14.0 Å². The zero-order valence-corrected chi connectivity index (χ0v) is 13.4. The van der Waals surface area contributed by atoms with Crippen LogP contribution in [-0.2, 0) is 11.3 Å². The van der Waals surface area contributed by atoms with Crippen LogP contribution in [0.4, 0.5) is 9.18 Å². The van der Waals surface area contributed by atoms with Crippen molar-refractivity contribution in [1.29, 1.82) is 5.26 Å². The van der Waals surface area contributed by atoms with Crippen LogP contribution in [0, 0.1) is 23.1 Å². The van der Waals surface area contributed by atoms with Crippen molar-refractivity contribution in [2.75, 3.05) is 13.1 Å². The number of nitrogens with zero attached hydrogens (tertiary/aromatic N) is 2. The lowest BCUT2D eigenvalue weighted by molar-refractivity contribution is -0.126. The Labute approximate surface area is 139 Å². The smallest absolute Gasteiger partial charge is 0.322 e. The molecule has 1 aromatic rings. The van der Waals surface area contributed by atoms with Gasteiger partial charge in [0.2, 0.25) is 0 Å². The minimum atomic E-state index is -0.906. The van der Waals surface area contributed by atoms with Gasteiger partial charge in [0, 0.05) is 19.0 Å². The van der Waals surface area contributed by atoms with Gasteiger partial charge < -0.3 is 5.32 Å². The molecule has 0 saturated carbocycles. The van der Waals surface area contributed by atoms with Crippen LogP contribution in [-0.4, -0.2) is 35.5 Å². The summed E-state index contributed by atoms with van der Waals surface area (Å²) < 4.78 is 13.3. The molecule has 2 atom stereocenters. The summed E-state index contributed by atoms with van der Waals surface area (Å²) in [7, 11) is 0. The van der Waals surface area contributed by atoms with Crippen molar-refractivity contribution in [3.8, 4) is 6.07 Å². The van der Waals surface area contributed by atoms with E-state index in [0.717, 1.165) is 24.9 Å². The van der Waals surface area contributed by atoms with Gasteiger partial charge in [-0.3, -0.25) is 15.0 Å². The zero-order chi connectivity index (χ0) is 17.3. The first kappa shape index (κ1) is 16.4. The van der Waals surface area contributed by atoms with Crippen LogP contribution in [0.1, 0.15) is 30.9 Å². The molecule has 2 N–H and O–H groups in total. The molecule has 3 amide bonds. The molecule has 0 bridgehead atoms. The molecule has 0 aliphatic carbocycles. The summed E-state index contributed by atoms with van der Waals surface area (Å²) in [5.41, 5.74) is 0.191. The summed E-state index contributed by atoms with van der Waals surface area (Å²) >= 11 is 0. The molecule has 0 radical (unpaired) electrons. The number of carbonyl (C=O) groups is 2. The number of nitriles is 1. The summed E-state index contributed by atoms with van der Waals surface area (Å²) in [6, 6.07) is 5.79. The van der Waals surface area contributed by atoms with Gasteiger partial charge in [0.25, 0.3) is 5.91 Å². The number of benzene rings is 1. The molecule has 2 aliphatic rings. The third-order valence-electron chi connectivity index (χ3n) is 4.98. The van der Waals surface area contributed by atoms with Gasteiger partial charge in [-0.05, 0) is 44.0 Å². The second-order valence-corrected chi connectivity index (χ2v) is 6.60. The minimum absolute atomic E-state index is 0.0105. The number of amides is 3. The molecule has 0 spiro atoms. The summed E-state index contributed by atoms with van der Waals surface area (Å²) in [6.07, 6.45) is 1.74. The molecule has 7 heteroatoms. The Morgan fingerprint density at radius 1 is 1.46 bits per heavy atom. The maximum Gasteiger partial charge on any atom is 0.322 e. The normalized spacial score (nSPS) is 27.5. The van der Waals surface area contributed by atoms with Gasteiger partial charge in [-0.1, -0.05) is 6.07 Å². The van der Waals surface area contributed by atoms with Crippen LogP contribution >= 0.6 is 0 Å². The summed E-state index contributed by atoms with van der Waals surface area (Å²) in [5.74, 6) is -0.729. The Kier molecular flexibility index (Phi) is 4.24. The first-order valence-corrected chi connectivity index (χ1v) is 7.97. The summed E-state index contributed by atoms with van der Waals surface area (Å²) in [4.78, 5) is 25.7. The molecule has 6 nitrogen and oxygen atoms in total. The highest BCUT2D eigenvalue weighted by Gasteiger charge is 2.48. The quantitative estimate of drug-likeness (QED) is 0.823. The van der Waals surface area contributed by atoms with Crippen LogP contribution in [0.5, 0.6) is 0 Å². The third kappa shape index (κ3) is 2.97. The SMILES string of the molecule is C[C@]1([C@H]2CCCN(Cc3ccc(F)cc3C#N)C2)NC(=O)NC1=O. The fourth-order valence-corrected chi connectivity index (χ4v) is 3.55. The van der Waals surface area contributed by atoms with E-state index >= 15 is 0 Å². The average molecular weight is 330 g/mol. The van der Waals surface area contributed by atoms with Crippen LogP contribution in [0.25, 0.3) is 0 Å². The number of nitrogens with one attached hydrogen (secondary N) is 2. The van der Waals surface area contributed by atoms with E-state index in [0.29, 0.717) is 18.7 Å². The topological polar surface area (TPSA) is 85.2 Å². The molecule has 126 valence electrons. The second kappa shape index (κ2) is 6.21. The monoisotopic (exact) mass is 330 g/mol. The first-order valence-electron chi connectivity index (χ1n) is 7.97. The van der Waals surface area contributed by atoms with Crippen LogP contribution in [0.15, 0.2) is 18.2 Å². The number of likely N-dealkylation sites (tertiary alicyclic amines) is 1. The van der Waals surface area contributed by atoms with E-state index in [1.165, 1.54) is 12.1 Å². The highest BCUT2D eigenvalue weighted by molar-refractivity contribution is 6.07. The largest absolute Gasteiger partial charge is 0.323 e. The lowest BCUT2D eigenvalue weighted by Gasteiger charge is -2.39. The number of rotatable bonds is 3. The van der Waals surface area contributed by atoms with Gasteiger partial charge in [-0.25, -0.2) is 9.18 Å². The molecule has 2 saturated heterocycles. The Bertz CT molecular complexity index is 730. The van der Waals surface area contributed by atoms with E-state index in [-0.39, 0.29) is 11.8 Å². The number of hydrogen-bond acceptors (Lipinski definition) is 4. The molecular weight excluding hydrogens is 311 g/mol. The second-order valence-electron chi connectivity index (χ2n) is 6.60. The van der Waals surface area contributed by atoms with Gasteiger partial charge in [0.15, 0.2) is 0 Å². The number of imide groups is 1. The lowest BCUT2D eigenvalue weighted by atomic mass is 9.80. The van der Waals surface area contributed by atoms with Crippen molar-refractivity contribution in [2.45, 2.75) is 31.8 Å². The number of carbonyl (C=O) groups excluding carboxylic acids is 2. The van der Waals surface area contributed by atoms with Gasteiger partial charge in [0.05, 0.1) is 11.6 Å². The van der Waals surface area contributed by atoms with Gasteiger partial charge in [-0.2, -0.15) is 5.26 Å². The minimum Gasteiger partial charge on any atom is -0.323 e. The van der Waals surface area contributed by atoms with Gasteiger partial charge in [-0.15, -0.1) is 0 Å². The zero-order valence-electron chi connectivity index (χ0n) is 13.4. The van der Waals surface area contributed by atoms with Crippen molar-refractivity contribution in [2.24, 2.45) is 5.92 Å². The highest BCUT2D eigenvalue weighted by Crippen LogP contribution is 2.30. The highest BCUT2D eigenvalue weighted by atomic mass is 19.1. The summed E-state index contributed by atoms with van der Waals surface area (Å²) in [5, 5.41) is 14.2. The van der Waals surface area contributed by atoms with E-state index < -0.39 is 17.4 Å². The van der Waals surface area contributed by atoms with Crippen molar-refractivity contribution in [1.82, 2.24) is 15.5 Å². The van der Waals surface area contributed by atoms with Crippen molar-refractivity contribution >= 4 is 11.9 Å². The molecular formula is C17H19FN4O2. The maximum absolute atomic E-state index is 13.3. The number of hydrogen-bond donors (Lipinski definition) is 2. The Balaban J connectivity index is 1.74. The molecule has 24 heavy (non-hydrogen) atoms. The summed E-state index contributed by atoms with van der Waals surface area (Å²) in [6.45, 7) is 3.74. The van der Waals surface area contributed by atoms with Gasteiger partial charge in [0.1, 0.15) is 11.4 Å². The molecule has 2 aliphatic heterocycles. The van der Waals surface area contributed by atoms with Gasteiger partial charge >= 0.3 is 6.03 Å². The van der Waals surface area contributed by atoms with E-state index in [9.17, 15) is 14.0 Å². The van der Waals surface area contributed by atoms with Crippen molar-refractivity contribution in [3.05, 3.63) is 35.1 Å². The van der Waals surface area contributed by atoms with Crippen molar-refractivity contribution in [3.63, 3.8) is 0 Å². The molecule has 0 unspecified atom stereocenters. The fraction of sp³-hybridized carbons (Fsp3) is 0.471. The molecule has 1 aromatic carbocycles. The average Bonchev–Trinajstić information content (AvgIpc) is 2.83. The molecule has 2 heterocycles. The van der Waals surface area contributed by atoms with Crippen LogP contribution < -0.4 is 10.6 Å². The number of halogens is 1. The fourth-order valence-electron chi connectivity index (χ4n) is 3.55. The van der Waals surface area contributed by atoms with E-state index in [2.05, 4.69) is 15.5 Å². The molecule has 0 aromatic heterocycles. The standard InChI is InChI=1S/C17H19FN4O2/c1-17(15(23)20-16(24)21-17)13-3-2-6-22(10-13)9-11-4-5-14(18)7-12(11)8-19/h4-5,7,13H,2-3,6,9-10H2,1H3,(H2,20,21,23,24)/t13-,17+/m0/s1. The Hall–Kier alpha value is -2.46. The lowest BCUT2D eigenvalue weighted by Crippen LogP contribution is -2.55. The van der Waals surface area contributed by atoms with E-state index in [1.54, 1.807) is 13.0 Å². The van der Waals surface area contributed by atoms with E-state index in [1.807, 2.05) is 6.07 Å². The number of urea groups is 1. The predicted molar refractivity (Wildman–Crippen MR) is 84.2 cm³/mol. The van der Waals surface area contributed by atoms with Crippen LogP contribution in [0.3, 0.4) is 0 Å². The van der Waals surface area contributed by atoms with E-state index in [4.69, 9.17) is 5.26 Å². The first-order chi connectivity index (χ1) is 11.4. The molecule has 2 fully saturated rings. The predicted octanol–water partition coefficient (Wildman–Crippen LogP) is 1.51. The molecule has 3 rings (SSSR count). The third-order valence-corrected chi connectivity index (χ3v) is 4.98.